The molecular formula is C19H17BrF2N2O2. The maximum Gasteiger partial charge on any atom is 0.228 e. The third-order valence-corrected chi connectivity index (χ3v) is 5.09. The average molecular weight is 423 g/mol. The number of para-hydroxylation sites is 1. The van der Waals surface area contributed by atoms with E-state index in [1.165, 1.54) is 11.0 Å². The summed E-state index contributed by atoms with van der Waals surface area (Å²) < 4.78 is 27.6. The predicted molar refractivity (Wildman–Crippen MR) is 97.4 cm³/mol. The molecule has 1 fully saturated rings. The smallest absolute Gasteiger partial charge is 0.228 e. The largest absolute Gasteiger partial charge is 0.341 e. The number of amides is 2. The molecule has 0 unspecified atom stereocenters. The molecule has 1 atom stereocenters. The van der Waals surface area contributed by atoms with Crippen LogP contribution in [0.4, 0.5) is 14.5 Å². The van der Waals surface area contributed by atoms with Gasteiger partial charge in [0.1, 0.15) is 11.6 Å². The summed E-state index contributed by atoms with van der Waals surface area (Å²) in [7, 11) is 1.55. The quantitative estimate of drug-likeness (QED) is 0.752. The monoisotopic (exact) mass is 422 g/mol. The Morgan fingerprint density at radius 1 is 1.27 bits per heavy atom. The van der Waals surface area contributed by atoms with Crippen LogP contribution < -0.4 is 4.90 Å². The summed E-state index contributed by atoms with van der Waals surface area (Å²) in [5, 5.41) is 0. The number of rotatable bonds is 4. The van der Waals surface area contributed by atoms with Gasteiger partial charge in [-0.15, -0.1) is 0 Å². The molecule has 0 saturated carbocycles. The molecule has 26 heavy (non-hydrogen) atoms. The molecular weight excluding hydrogens is 406 g/mol. The van der Waals surface area contributed by atoms with E-state index in [1.807, 2.05) is 24.3 Å². The first-order chi connectivity index (χ1) is 12.4. The van der Waals surface area contributed by atoms with Crippen molar-refractivity contribution in [3.05, 3.63) is 64.1 Å². The maximum absolute atomic E-state index is 13.8. The lowest BCUT2D eigenvalue weighted by molar-refractivity contribution is -0.135. The van der Waals surface area contributed by atoms with Crippen LogP contribution in [-0.4, -0.2) is 30.3 Å². The van der Waals surface area contributed by atoms with Crippen molar-refractivity contribution in [3.63, 3.8) is 0 Å². The number of carbonyl (C=O) groups excluding carboxylic acids is 2. The lowest BCUT2D eigenvalue weighted by Crippen LogP contribution is -2.34. The highest BCUT2D eigenvalue weighted by Gasteiger charge is 2.37. The molecule has 136 valence electrons. The number of hydrogen-bond acceptors (Lipinski definition) is 2. The molecule has 2 aromatic rings. The SMILES string of the molecule is CN(Cc1ccc(F)cc1F)C(=O)[C@H]1CC(=O)N(c2ccccc2Br)C1. The minimum absolute atomic E-state index is 0.0185. The molecule has 0 radical (unpaired) electrons. The predicted octanol–water partition coefficient (Wildman–Crippen LogP) is 3.74. The topological polar surface area (TPSA) is 40.6 Å². The van der Waals surface area contributed by atoms with Crippen LogP contribution in [0.1, 0.15) is 12.0 Å². The van der Waals surface area contributed by atoms with E-state index in [2.05, 4.69) is 15.9 Å². The third kappa shape index (κ3) is 3.77. The second-order valence-electron chi connectivity index (χ2n) is 6.29. The van der Waals surface area contributed by atoms with Gasteiger partial charge in [-0.2, -0.15) is 0 Å². The Morgan fingerprint density at radius 3 is 2.69 bits per heavy atom. The van der Waals surface area contributed by atoms with Crippen molar-refractivity contribution in [2.24, 2.45) is 5.92 Å². The average Bonchev–Trinajstić information content (AvgIpc) is 2.98. The molecule has 2 amide bonds. The van der Waals surface area contributed by atoms with Crippen molar-refractivity contribution in [3.8, 4) is 0 Å². The molecule has 7 heteroatoms. The molecule has 1 heterocycles. The van der Waals surface area contributed by atoms with Crippen LogP contribution in [0.2, 0.25) is 0 Å². The van der Waals surface area contributed by atoms with E-state index >= 15 is 0 Å². The first-order valence-corrected chi connectivity index (χ1v) is 8.90. The zero-order valence-electron chi connectivity index (χ0n) is 14.1. The first-order valence-electron chi connectivity index (χ1n) is 8.10. The van der Waals surface area contributed by atoms with Crippen molar-refractivity contribution in [2.75, 3.05) is 18.5 Å². The van der Waals surface area contributed by atoms with E-state index in [0.717, 1.165) is 22.3 Å². The van der Waals surface area contributed by atoms with E-state index in [9.17, 15) is 18.4 Å². The molecule has 0 bridgehead atoms. The van der Waals surface area contributed by atoms with Crippen molar-refractivity contribution in [2.45, 2.75) is 13.0 Å². The van der Waals surface area contributed by atoms with E-state index in [1.54, 1.807) is 11.9 Å². The number of benzene rings is 2. The minimum atomic E-state index is -0.693. The van der Waals surface area contributed by atoms with Gasteiger partial charge < -0.3 is 9.80 Å². The standard InChI is InChI=1S/C19H17BrF2N2O2/c1-23(10-12-6-7-14(21)9-16(12)22)19(26)13-8-18(25)24(11-13)17-5-3-2-4-15(17)20/h2-7,9,13H,8,10-11H2,1H3/t13-/m0/s1. The van der Waals surface area contributed by atoms with Gasteiger partial charge in [0.05, 0.1) is 11.6 Å². The fourth-order valence-corrected chi connectivity index (χ4v) is 3.57. The van der Waals surface area contributed by atoms with E-state index in [0.29, 0.717) is 0 Å². The van der Waals surface area contributed by atoms with E-state index < -0.39 is 17.6 Å². The second-order valence-corrected chi connectivity index (χ2v) is 7.14. The Labute approximate surface area is 158 Å². The van der Waals surface area contributed by atoms with Crippen LogP contribution in [0, 0.1) is 17.6 Å². The molecule has 0 spiro atoms. The molecule has 0 aromatic heterocycles. The summed E-state index contributed by atoms with van der Waals surface area (Å²) in [4.78, 5) is 28.0. The number of anilines is 1. The Hall–Kier alpha value is -2.28. The van der Waals surface area contributed by atoms with Crippen LogP contribution in [0.25, 0.3) is 0 Å². The van der Waals surface area contributed by atoms with Crippen molar-refractivity contribution in [1.82, 2.24) is 4.90 Å². The van der Waals surface area contributed by atoms with Gasteiger partial charge in [-0.05, 0) is 34.1 Å². The Kier molecular flexibility index (Phi) is 5.36. The summed E-state index contributed by atoms with van der Waals surface area (Å²) in [6.07, 6.45) is 0.108. The highest BCUT2D eigenvalue weighted by Crippen LogP contribution is 2.32. The van der Waals surface area contributed by atoms with Gasteiger partial charge in [0.2, 0.25) is 11.8 Å². The molecule has 0 aliphatic carbocycles. The molecule has 1 aliphatic heterocycles. The Morgan fingerprint density at radius 2 is 2.00 bits per heavy atom. The zero-order chi connectivity index (χ0) is 18.8. The van der Waals surface area contributed by atoms with Gasteiger partial charge in [0.25, 0.3) is 0 Å². The third-order valence-electron chi connectivity index (χ3n) is 4.42. The summed E-state index contributed by atoms with van der Waals surface area (Å²) in [5.74, 6) is -2.22. The number of halogens is 3. The second kappa shape index (κ2) is 7.53. The first kappa shape index (κ1) is 18.5. The number of hydrogen-bond donors (Lipinski definition) is 0. The van der Waals surface area contributed by atoms with Gasteiger partial charge in [-0.3, -0.25) is 9.59 Å². The lowest BCUT2D eigenvalue weighted by Gasteiger charge is -2.22. The fourth-order valence-electron chi connectivity index (χ4n) is 3.07. The van der Waals surface area contributed by atoms with Gasteiger partial charge in [0.15, 0.2) is 0 Å². The normalized spacial score (nSPS) is 16.8. The van der Waals surface area contributed by atoms with Crippen LogP contribution in [0.15, 0.2) is 46.9 Å². The zero-order valence-corrected chi connectivity index (χ0v) is 15.7. The highest BCUT2D eigenvalue weighted by molar-refractivity contribution is 9.10. The van der Waals surface area contributed by atoms with E-state index in [-0.39, 0.29) is 36.9 Å². The molecule has 3 rings (SSSR count). The van der Waals surface area contributed by atoms with Crippen LogP contribution in [0.3, 0.4) is 0 Å². The summed E-state index contributed by atoms with van der Waals surface area (Å²) in [6, 6.07) is 10.6. The van der Waals surface area contributed by atoms with Gasteiger partial charge >= 0.3 is 0 Å². The van der Waals surface area contributed by atoms with Crippen molar-refractivity contribution >= 4 is 33.4 Å². The lowest BCUT2D eigenvalue weighted by atomic mass is 10.1. The van der Waals surface area contributed by atoms with Crippen LogP contribution in [-0.2, 0) is 16.1 Å². The maximum atomic E-state index is 13.8. The minimum Gasteiger partial charge on any atom is -0.341 e. The summed E-state index contributed by atoms with van der Waals surface area (Å²) in [6.45, 7) is 0.293. The van der Waals surface area contributed by atoms with Gasteiger partial charge in [0, 0.05) is 42.7 Å². The van der Waals surface area contributed by atoms with Crippen molar-refractivity contribution in [1.29, 1.82) is 0 Å². The molecule has 1 saturated heterocycles. The number of nitrogens with zero attached hydrogens (tertiary/aromatic N) is 2. The highest BCUT2D eigenvalue weighted by atomic mass is 79.9. The van der Waals surface area contributed by atoms with Gasteiger partial charge in [-0.1, -0.05) is 18.2 Å². The Bertz CT molecular complexity index is 859. The van der Waals surface area contributed by atoms with E-state index in [4.69, 9.17) is 0 Å². The number of carbonyl (C=O) groups is 2. The fraction of sp³-hybridized carbons (Fsp3) is 0.263. The summed E-state index contributed by atoms with van der Waals surface area (Å²) in [5.41, 5.74) is 0.953. The van der Waals surface area contributed by atoms with Gasteiger partial charge in [-0.25, -0.2) is 8.78 Å². The Balaban J connectivity index is 1.70. The molecule has 0 N–H and O–H groups in total. The van der Waals surface area contributed by atoms with Crippen molar-refractivity contribution < 1.29 is 18.4 Å². The molecule has 4 nitrogen and oxygen atoms in total. The molecule has 2 aromatic carbocycles. The van der Waals surface area contributed by atoms with Crippen LogP contribution >= 0.6 is 15.9 Å². The summed E-state index contributed by atoms with van der Waals surface area (Å²) >= 11 is 3.42. The molecule has 1 aliphatic rings. The van der Waals surface area contributed by atoms with Crippen LogP contribution in [0.5, 0.6) is 0 Å².